The number of amides is 1. The predicted molar refractivity (Wildman–Crippen MR) is 63.5 cm³/mol. The van der Waals surface area contributed by atoms with E-state index in [9.17, 15) is 9.59 Å². The highest BCUT2D eigenvalue weighted by molar-refractivity contribution is 5.86. The van der Waals surface area contributed by atoms with E-state index < -0.39 is 12.0 Å². The summed E-state index contributed by atoms with van der Waals surface area (Å²) in [6.45, 7) is 4.93. The van der Waals surface area contributed by atoms with E-state index >= 15 is 0 Å². The van der Waals surface area contributed by atoms with E-state index in [0.29, 0.717) is 0 Å². The molecule has 0 aromatic rings. The molecule has 0 aliphatic carbocycles. The van der Waals surface area contributed by atoms with Gasteiger partial charge in [0.2, 0.25) is 5.91 Å². The van der Waals surface area contributed by atoms with E-state index in [-0.39, 0.29) is 18.4 Å². The van der Waals surface area contributed by atoms with Gasteiger partial charge in [0.05, 0.1) is 12.5 Å². The van der Waals surface area contributed by atoms with Crippen molar-refractivity contribution in [2.45, 2.75) is 38.3 Å². The number of nitrogens with zero attached hydrogens (tertiary/aromatic N) is 1. The minimum atomic E-state index is -1.05. The van der Waals surface area contributed by atoms with Gasteiger partial charge >= 0.3 is 5.97 Å². The zero-order valence-electron chi connectivity index (χ0n) is 10.2. The molecule has 2 unspecified atom stereocenters. The Labute approximate surface area is 101 Å². The van der Waals surface area contributed by atoms with Crippen LogP contribution in [0, 0.1) is 0 Å². The minimum Gasteiger partial charge on any atom is -0.481 e. The number of hydrogen-bond acceptors (Lipinski definition) is 4. The number of hydrogen-bond donors (Lipinski definition) is 3. The summed E-state index contributed by atoms with van der Waals surface area (Å²) in [7, 11) is 0. The van der Waals surface area contributed by atoms with Gasteiger partial charge in [-0.15, -0.1) is 0 Å². The molecule has 1 fully saturated rings. The molecule has 1 amide bonds. The molecule has 0 aromatic carbocycles. The quantitative estimate of drug-likeness (QED) is 0.598. The first-order valence-corrected chi connectivity index (χ1v) is 6.03. The molecule has 0 spiro atoms. The van der Waals surface area contributed by atoms with Crippen LogP contribution in [0.4, 0.5) is 0 Å². The molecular weight excluding hydrogens is 222 g/mol. The fraction of sp³-hybridized carbons (Fsp3) is 0.818. The van der Waals surface area contributed by atoms with Gasteiger partial charge in [-0.2, -0.15) is 0 Å². The maximum absolute atomic E-state index is 11.6. The number of rotatable bonds is 5. The van der Waals surface area contributed by atoms with E-state index in [2.05, 4.69) is 17.1 Å². The number of likely N-dealkylation sites (N-methyl/N-ethyl adjacent to an activating group) is 1. The molecule has 4 N–H and O–H groups in total. The Morgan fingerprint density at radius 3 is 2.88 bits per heavy atom. The standard InChI is InChI=1S/C11H21N3O3/c1-2-14-5-3-4-8(7-14)13-11(17)9(12)6-10(15)16/h8-9H,2-7,12H2,1H3,(H,13,17)(H,15,16). The molecule has 6 heteroatoms. The highest BCUT2D eigenvalue weighted by Gasteiger charge is 2.23. The van der Waals surface area contributed by atoms with E-state index in [1.54, 1.807) is 0 Å². The number of carboxylic acid groups (broad SMARTS) is 1. The van der Waals surface area contributed by atoms with Crippen molar-refractivity contribution >= 4 is 11.9 Å². The molecule has 6 nitrogen and oxygen atoms in total. The van der Waals surface area contributed by atoms with Crippen LogP contribution in [0.2, 0.25) is 0 Å². The first-order valence-electron chi connectivity index (χ1n) is 6.03. The molecule has 0 bridgehead atoms. The van der Waals surface area contributed by atoms with Gasteiger partial charge in [0.1, 0.15) is 0 Å². The number of carbonyl (C=O) groups is 2. The lowest BCUT2D eigenvalue weighted by molar-refractivity contribution is -0.139. The third-order valence-electron chi connectivity index (χ3n) is 3.03. The van der Waals surface area contributed by atoms with Crippen molar-refractivity contribution in [3.8, 4) is 0 Å². The molecular formula is C11H21N3O3. The lowest BCUT2D eigenvalue weighted by atomic mass is 10.0. The zero-order valence-corrected chi connectivity index (χ0v) is 10.2. The predicted octanol–water partition coefficient (Wildman–Crippen LogP) is -0.611. The van der Waals surface area contributed by atoms with Gasteiger partial charge in [-0.3, -0.25) is 9.59 Å². The van der Waals surface area contributed by atoms with Crippen LogP contribution in [0.15, 0.2) is 0 Å². The van der Waals surface area contributed by atoms with Crippen LogP contribution in [0.25, 0.3) is 0 Å². The maximum Gasteiger partial charge on any atom is 0.305 e. The van der Waals surface area contributed by atoms with Crippen molar-refractivity contribution in [1.29, 1.82) is 0 Å². The Balaban J connectivity index is 2.37. The van der Waals surface area contributed by atoms with Gasteiger partial charge in [0.15, 0.2) is 0 Å². The van der Waals surface area contributed by atoms with Crippen LogP contribution in [0.3, 0.4) is 0 Å². The Kier molecular flexibility index (Phi) is 5.37. The van der Waals surface area contributed by atoms with Gasteiger partial charge in [-0.25, -0.2) is 0 Å². The largest absolute Gasteiger partial charge is 0.481 e. The van der Waals surface area contributed by atoms with Gasteiger partial charge in [-0.05, 0) is 25.9 Å². The Morgan fingerprint density at radius 2 is 2.29 bits per heavy atom. The second kappa shape index (κ2) is 6.56. The van der Waals surface area contributed by atoms with Crippen molar-refractivity contribution in [2.75, 3.05) is 19.6 Å². The second-order valence-electron chi connectivity index (χ2n) is 4.45. The smallest absolute Gasteiger partial charge is 0.305 e. The van der Waals surface area contributed by atoms with Crippen LogP contribution in [0.5, 0.6) is 0 Å². The van der Waals surface area contributed by atoms with E-state index in [1.165, 1.54) is 0 Å². The Morgan fingerprint density at radius 1 is 1.59 bits per heavy atom. The lowest BCUT2D eigenvalue weighted by Gasteiger charge is -2.32. The molecule has 0 aromatic heterocycles. The van der Waals surface area contributed by atoms with Crippen LogP contribution in [-0.2, 0) is 9.59 Å². The van der Waals surface area contributed by atoms with Crippen LogP contribution in [-0.4, -0.2) is 53.6 Å². The first kappa shape index (κ1) is 13.9. The fourth-order valence-corrected chi connectivity index (χ4v) is 2.05. The topological polar surface area (TPSA) is 95.7 Å². The average molecular weight is 243 g/mol. The summed E-state index contributed by atoms with van der Waals surface area (Å²) in [6.07, 6.45) is 1.66. The van der Waals surface area contributed by atoms with Gasteiger partial charge in [-0.1, -0.05) is 6.92 Å². The number of carbonyl (C=O) groups excluding carboxylic acids is 1. The van der Waals surface area contributed by atoms with Crippen molar-refractivity contribution in [3.05, 3.63) is 0 Å². The molecule has 98 valence electrons. The molecule has 1 saturated heterocycles. The van der Waals surface area contributed by atoms with Gasteiger partial charge in [0, 0.05) is 12.6 Å². The van der Waals surface area contributed by atoms with Crippen LogP contribution >= 0.6 is 0 Å². The third kappa shape index (κ3) is 4.70. The van der Waals surface area contributed by atoms with Gasteiger partial charge in [0.25, 0.3) is 0 Å². The second-order valence-corrected chi connectivity index (χ2v) is 4.45. The molecule has 0 saturated carbocycles. The third-order valence-corrected chi connectivity index (χ3v) is 3.03. The number of carboxylic acids is 1. The van der Waals surface area contributed by atoms with Gasteiger partial charge < -0.3 is 21.1 Å². The summed E-state index contributed by atoms with van der Waals surface area (Å²) >= 11 is 0. The molecule has 17 heavy (non-hydrogen) atoms. The fourth-order valence-electron chi connectivity index (χ4n) is 2.05. The van der Waals surface area contributed by atoms with Crippen molar-refractivity contribution in [1.82, 2.24) is 10.2 Å². The number of nitrogens with one attached hydrogen (secondary N) is 1. The number of piperidine rings is 1. The maximum atomic E-state index is 11.6. The highest BCUT2D eigenvalue weighted by Crippen LogP contribution is 2.09. The highest BCUT2D eigenvalue weighted by atomic mass is 16.4. The summed E-state index contributed by atoms with van der Waals surface area (Å²) in [6, 6.07) is -0.861. The van der Waals surface area contributed by atoms with Crippen LogP contribution < -0.4 is 11.1 Å². The van der Waals surface area contributed by atoms with Crippen molar-refractivity contribution < 1.29 is 14.7 Å². The molecule has 1 aliphatic heterocycles. The summed E-state index contributed by atoms with van der Waals surface area (Å²) in [4.78, 5) is 24.3. The van der Waals surface area contributed by atoms with Crippen LogP contribution in [0.1, 0.15) is 26.2 Å². The minimum absolute atomic E-state index is 0.0936. The molecule has 1 rings (SSSR count). The number of aliphatic carboxylic acids is 1. The van der Waals surface area contributed by atoms with E-state index in [0.717, 1.165) is 32.5 Å². The Hall–Kier alpha value is -1.14. The van der Waals surface area contributed by atoms with Crippen molar-refractivity contribution in [2.24, 2.45) is 5.73 Å². The lowest BCUT2D eigenvalue weighted by Crippen LogP contribution is -2.52. The van der Waals surface area contributed by atoms with E-state index in [4.69, 9.17) is 10.8 Å². The van der Waals surface area contributed by atoms with E-state index in [1.807, 2.05) is 0 Å². The number of nitrogens with two attached hydrogens (primary N) is 1. The summed E-state index contributed by atoms with van der Waals surface area (Å²) < 4.78 is 0. The van der Waals surface area contributed by atoms with Crippen molar-refractivity contribution in [3.63, 3.8) is 0 Å². The molecule has 1 aliphatic rings. The summed E-state index contributed by atoms with van der Waals surface area (Å²) in [5.74, 6) is -1.41. The number of likely N-dealkylation sites (tertiary alicyclic amines) is 1. The molecule has 1 heterocycles. The summed E-state index contributed by atoms with van der Waals surface area (Å²) in [5, 5.41) is 11.4. The first-order chi connectivity index (χ1) is 8.02. The SMILES string of the molecule is CCN1CCCC(NC(=O)C(N)CC(=O)O)C1. The zero-order chi connectivity index (χ0) is 12.8. The normalized spacial score (nSPS) is 23.1. The monoisotopic (exact) mass is 243 g/mol. The average Bonchev–Trinajstić information content (AvgIpc) is 2.28. The Bertz CT molecular complexity index is 283. The molecule has 2 atom stereocenters. The summed E-state index contributed by atoms with van der Waals surface area (Å²) in [5.41, 5.74) is 5.50. The molecule has 0 radical (unpaired) electrons.